The fourth-order valence-electron chi connectivity index (χ4n) is 1.98. The molecule has 0 aliphatic heterocycles. The number of hydrogen-bond acceptors (Lipinski definition) is 1. The fourth-order valence-corrected chi connectivity index (χ4v) is 1.98. The van der Waals surface area contributed by atoms with Crippen molar-refractivity contribution < 1.29 is 4.79 Å². The van der Waals surface area contributed by atoms with E-state index in [1.807, 2.05) is 54.6 Å². The molecule has 93 valence electrons. The third-order valence-corrected chi connectivity index (χ3v) is 2.99. The summed E-state index contributed by atoms with van der Waals surface area (Å²) >= 11 is 0. The molecule has 0 spiro atoms. The summed E-state index contributed by atoms with van der Waals surface area (Å²) < 4.78 is 0. The van der Waals surface area contributed by atoms with Crippen LogP contribution in [0.5, 0.6) is 0 Å². The Hall–Kier alpha value is -2.55. The summed E-state index contributed by atoms with van der Waals surface area (Å²) in [5.74, 6) is -0.145. The van der Waals surface area contributed by atoms with Crippen LogP contribution in [0, 0.1) is 6.92 Å². The van der Waals surface area contributed by atoms with E-state index in [0.29, 0.717) is 5.69 Å². The number of anilines is 1. The third kappa shape index (κ3) is 2.36. The number of para-hydroxylation sites is 1. The van der Waals surface area contributed by atoms with Gasteiger partial charge in [-0.3, -0.25) is 4.79 Å². The zero-order chi connectivity index (χ0) is 13.2. The second-order valence-electron chi connectivity index (χ2n) is 4.42. The number of carbonyl (C=O) groups excluding carboxylic acids is 1. The van der Waals surface area contributed by atoms with Crippen molar-refractivity contribution in [3.05, 3.63) is 72.8 Å². The lowest BCUT2D eigenvalue weighted by Crippen LogP contribution is -2.12. The summed E-state index contributed by atoms with van der Waals surface area (Å²) in [4.78, 5) is 15.2. The van der Waals surface area contributed by atoms with Crippen molar-refractivity contribution in [1.29, 1.82) is 0 Å². The van der Waals surface area contributed by atoms with Crippen molar-refractivity contribution in [2.24, 2.45) is 0 Å². The van der Waals surface area contributed by atoms with E-state index in [0.717, 1.165) is 22.2 Å². The molecule has 3 rings (SSSR count). The second-order valence-corrected chi connectivity index (χ2v) is 4.42. The van der Waals surface area contributed by atoms with Crippen LogP contribution in [0.1, 0.15) is 16.1 Å². The standard InChI is InChI=1S/C16H13N2O/c1-11-6-8-13(9-7-11)17-16(19)15-10-12-4-2-3-5-14(12)18-15/h2-10,18H,1H2,(H,17,19). The number of rotatable bonds is 2. The Kier molecular flexibility index (Phi) is 2.80. The molecule has 0 saturated carbocycles. The zero-order valence-corrected chi connectivity index (χ0v) is 10.3. The average Bonchev–Trinajstić information content (AvgIpc) is 2.85. The molecule has 0 aliphatic rings. The Morgan fingerprint density at radius 1 is 1.05 bits per heavy atom. The highest BCUT2D eigenvalue weighted by Crippen LogP contribution is 2.16. The highest BCUT2D eigenvalue weighted by atomic mass is 16.1. The molecular formula is C16H13N2O. The highest BCUT2D eigenvalue weighted by Gasteiger charge is 2.09. The third-order valence-electron chi connectivity index (χ3n) is 2.99. The number of fused-ring (bicyclic) bond motifs is 1. The Balaban J connectivity index is 1.85. The molecule has 19 heavy (non-hydrogen) atoms. The van der Waals surface area contributed by atoms with Gasteiger partial charge < -0.3 is 10.3 Å². The summed E-state index contributed by atoms with van der Waals surface area (Å²) in [5.41, 5.74) is 3.19. The van der Waals surface area contributed by atoms with Gasteiger partial charge in [0.15, 0.2) is 0 Å². The van der Waals surface area contributed by atoms with Crippen molar-refractivity contribution in [2.75, 3.05) is 5.32 Å². The molecule has 2 N–H and O–H groups in total. The molecule has 1 amide bonds. The average molecular weight is 249 g/mol. The molecule has 1 radical (unpaired) electrons. The molecule has 3 heteroatoms. The molecular weight excluding hydrogens is 236 g/mol. The van der Waals surface area contributed by atoms with Gasteiger partial charge in [-0.15, -0.1) is 0 Å². The van der Waals surface area contributed by atoms with Crippen LogP contribution in [0.25, 0.3) is 10.9 Å². The van der Waals surface area contributed by atoms with Gasteiger partial charge in [-0.1, -0.05) is 30.3 Å². The predicted octanol–water partition coefficient (Wildman–Crippen LogP) is 3.60. The van der Waals surface area contributed by atoms with Gasteiger partial charge in [-0.25, -0.2) is 0 Å². The van der Waals surface area contributed by atoms with Crippen LogP contribution < -0.4 is 5.32 Å². The van der Waals surface area contributed by atoms with Crippen molar-refractivity contribution in [1.82, 2.24) is 4.98 Å². The van der Waals surface area contributed by atoms with Crippen LogP contribution >= 0.6 is 0 Å². The van der Waals surface area contributed by atoms with Gasteiger partial charge >= 0.3 is 0 Å². The predicted molar refractivity (Wildman–Crippen MR) is 77.2 cm³/mol. The molecule has 1 heterocycles. The van der Waals surface area contributed by atoms with E-state index in [2.05, 4.69) is 17.2 Å². The highest BCUT2D eigenvalue weighted by molar-refractivity contribution is 6.05. The molecule has 1 aromatic heterocycles. The maximum absolute atomic E-state index is 12.1. The molecule has 3 nitrogen and oxygen atoms in total. The number of aromatic nitrogens is 1. The summed E-state index contributed by atoms with van der Waals surface area (Å²) in [5, 5.41) is 3.88. The fraction of sp³-hybridized carbons (Fsp3) is 0. The lowest BCUT2D eigenvalue weighted by Gasteiger charge is -2.03. The lowest BCUT2D eigenvalue weighted by atomic mass is 10.2. The van der Waals surface area contributed by atoms with Crippen molar-refractivity contribution >= 4 is 22.5 Å². The minimum atomic E-state index is -0.145. The number of nitrogens with one attached hydrogen (secondary N) is 2. The quantitative estimate of drug-likeness (QED) is 0.716. The molecule has 3 aromatic rings. The van der Waals surface area contributed by atoms with E-state index in [1.165, 1.54) is 0 Å². The first-order valence-corrected chi connectivity index (χ1v) is 6.03. The zero-order valence-electron chi connectivity index (χ0n) is 10.3. The van der Waals surface area contributed by atoms with E-state index in [-0.39, 0.29) is 5.91 Å². The minimum Gasteiger partial charge on any atom is -0.351 e. The van der Waals surface area contributed by atoms with Crippen molar-refractivity contribution in [3.8, 4) is 0 Å². The Labute approximate surface area is 111 Å². The molecule has 0 atom stereocenters. The second kappa shape index (κ2) is 4.61. The van der Waals surface area contributed by atoms with Gasteiger partial charge in [0.05, 0.1) is 0 Å². The van der Waals surface area contributed by atoms with Crippen LogP contribution in [0.4, 0.5) is 5.69 Å². The Morgan fingerprint density at radius 3 is 2.53 bits per heavy atom. The van der Waals surface area contributed by atoms with Gasteiger partial charge in [0.25, 0.3) is 5.91 Å². The number of aromatic amines is 1. The van der Waals surface area contributed by atoms with Crippen LogP contribution in [0.15, 0.2) is 54.6 Å². The van der Waals surface area contributed by atoms with Crippen LogP contribution in [-0.2, 0) is 0 Å². The maximum Gasteiger partial charge on any atom is 0.272 e. The van der Waals surface area contributed by atoms with Crippen LogP contribution in [0.2, 0.25) is 0 Å². The molecule has 0 aliphatic carbocycles. The van der Waals surface area contributed by atoms with Gasteiger partial charge in [0.2, 0.25) is 0 Å². The van der Waals surface area contributed by atoms with E-state index in [1.54, 1.807) is 0 Å². The van der Waals surface area contributed by atoms with E-state index in [9.17, 15) is 4.79 Å². The Morgan fingerprint density at radius 2 is 1.79 bits per heavy atom. The smallest absolute Gasteiger partial charge is 0.272 e. The van der Waals surface area contributed by atoms with Gasteiger partial charge in [0.1, 0.15) is 5.69 Å². The van der Waals surface area contributed by atoms with Gasteiger partial charge in [0, 0.05) is 16.6 Å². The minimum absolute atomic E-state index is 0.145. The largest absolute Gasteiger partial charge is 0.351 e. The molecule has 2 aromatic carbocycles. The van der Waals surface area contributed by atoms with Gasteiger partial charge in [-0.2, -0.15) is 0 Å². The first kappa shape index (κ1) is 11.5. The summed E-state index contributed by atoms with van der Waals surface area (Å²) in [7, 11) is 0. The number of amides is 1. The normalized spacial score (nSPS) is 10.6. The first-order chi connectivity index (χ1) is 9.22. The first-order valence-electron chi connectivity index (χ1n) is 6.03. The van der Waals surface area contributed by atoms with E-state index < -0.39 is 0 Å². The topological polar surface area (TPSA) is 44.9 Å². The number of hydrogen-bond donors (Lipinski definition) is 2. The summed E-state index contributed by atoms with van der Waals surface area (Å²) in [6, 6.07) is 17.1. The summed E-state index contributed by atoms with van der Waals surface area (Å²) in [6.45, 7) is 3.81. The van der Waals surface area contributed by atoms with Crippen molar-refractivity contribution in [3.63, 3.8) is 0 Å². The number of H-pyrrole nitrogens is 1. The molecule has 0 fully saturated rings. The van der Waals surface area contributed by atoms with Crippen LogP contribution in [-0.4, -0.2) is 10.9 Å². The van der Waals surface area contributed by atoms with E-state index >= 15 is 0 Å². The number of carbonyl (C=O) groups is 1. The van der Waals surface area contributed by atoms with Crippen molar-refractivity contribution in [2.45, 2.75) is 0 Å². The number of benzene rings is 2. The molecule has 0 saturated heterocycles. The maximum atomic E-state index is 12.1. The van der Waals surface area contributed by atoms with E-state index in [4.69, 9.17) is 0 Å². The molecule has 0 unspecified atom stereocenters. The SMILES string of the molecule is [CH2]c1ccc(NC(=O)c2cc3ccccc3[nH]2)cc1. The molecule has 0 bridgehead atoms. The Bertz CT molecular complexity index is 693. The van der Waals surface area contributed by atoms with Crippen LogP contribution in [0.3, 0.4) is 0 Å². The lowest BCUT2D eigenvalue weighted by molar-refractivity contribution is 0.102. The monoisotopic (exact) mass is 249 g/mol. The van der Waals surface area contributed by atoms with Gasteiger partial charge in [-0.05, 0) is 36.8 Å². The summed E-state index contributed by atoms with van der Waals surface area (Å²) in [6.07, 6.45) is 0.